The van der Waals surface area contributed by atoms with Gasteiger partial charge in [0.15, 0.2) is 0 Å². The molecule has 1 saturated heterocycles. The fourth-order valence-corrected chi connectivity index (χ4v) is 3.48. The molecule has 0 N–H and O–H groups in total. The van der Waals surface area contributed by atoms with Crippen LogP contribution in [0.15, 0.2) is 30.4 Å². The fourth-order valence-electron chi connectivity index (χ4n) is 3.25. The molecule has 3 rings (SSSR count). The molecule has 1 fully saturated rings. The number of carbonyl (C=O) groups excluding carboxylic acids is 2. The Morgan fingerprint density at radius 3 is 2.39 bits per heavy atom. The van der Waals surface area contributed by atoms with Gasteiger partial charge in [-0.3, -0.25) is 19.4 Å². The van der Waals surface area contributed by atoms with Crippen LogP contribution in [0.25, 0.3) is 0 Å². The zero-order valence-corrected chi connectivity index (χ0v) is 13.6. The monoisotopic (exact) mass is 336 g/mol. The molecule has 0 bridgehead atoms. The summed E-state index contributed by atoms with van der Waals surface area (Å²) >= 11 is 6.02. The second-order valence-corrected chi connectivity index (χ2v) is 6.52. The van der Waals surface area contributed by atoms with Crippen LogP contribution in [0.2, 0.25) is 5.02 Å². The van der Waals surface area contributed by atoms with E-state index in [1.165, 1.54) is 11.0 Å². The number of hydrogen-bond donors (Lipinski definition) is 0. The quantitative estimate of drug-likeness (QED) is 0.627. The van der Waals surface area contributed by atoms with Crippen molar-refractivity contribution in [3.8, 4) is 0 Å². The number of benzene rings is 1. The normalized spacial score (nSPS) is 23.7. The molecule has 23 heavy (non-hydrogen) atoms. The molecular formula is C17H18ClFN2O2. The number of nitrogens with zero attached hydrogens (tertiary/aromatic N) is 2. The lowest BCUT2D eigenvalue weighted by atomic mass is 9.85. The van der Waals surface area contributed by atoms with E-state index in [4.69, 9.17) is 11.6 Å². The summed E-state index contributed by atoms with van der Waals surface area (Å²) in [6, 6.07) is 4.52. The van der Waals surface area contributed by atoms with Crippen LogP contribution in [0.3, 0.4) is 0 Å². The average Bonchev–Trinajstić information content (AvgIpc) is 2.77. The minimum absolute atomic E-state index is 0.129. The summed E-state index contributed by atoms with van der Waals surface area (Å²) in [7, 11) is 1.74. The summed E-state index contributed by atoms with van der Waals surface area (Å²) in [5.41, 5.74) is 0.370. The molecule has 0 radical (unpaired) electrons. The predicted molar refractivity (Wildman–Crippen MR) is 85.0 cm³/mol. The van der Waals surface area contributed by atoms with Gasteiger partial charge in [0.1, 0.15) is 5.82 Å². The van der Waals surface area contributed by atoms with Crippen molar-refractivity contribution in [2.24, 2.45) is 11.8 Å². The summed E-state index contributed by atoms with van der Waals surface area (Å²) in [4.78, 5) is 27.8. The van der Waals surface area contributed by atoms with Crippen molar-refractivity contribution in [1.29, 1.82) is 0 Å². The highest BCUT2D eigenvalue weighted by atomic mass is 35.5. The van der Waals surface area contributed by atoms with Crippen molar-refractivity contribution in [2.45, 2.75) is 19.4 Å². The summed E-state index contributed by atoms with van der Waals surface area (Å²) in [5, 5.41) is 0.341. The number of imide groups is 1. The highest BCUT2D eigenvalue weighted by molar-refractivity contribution is 6.31. The largest absolute Gasteiger partial charge is 0.284 e. The lowest BCUT2D eigenvalue weighted by Gasteiger charge is -2.23. The first-order chi connectivity index (χ1) is 11.0. The van der Waals surface area contributed by atoms with Gasteiger partial charge < -0.3 is 0 Å². The van der Waals surface area contributed by atoms with Gasteiger partial charge in [0.05, 0.1) is 18.5 Å². The first kappa shape index (κ1) is 16.1. The van der Waals surface area contributed by atoms with Gasteiger partial charge in [-0.2, -0.15) is 0 Å². The Morgan fingerprint density at radius 2 is 1.83 bits per heavy atom. The van der Waals surface area contributed by atoms with Crippen LogP contribution < -0.4 is 0 Å². The van der Waals surface area contributed by atoms with Crippen molar-refractivity contribution in [3.05, 3.63) is 46.8 Å². The summed E-state index contributed by atoms with van der Waals surface area (Å²) in [5.74, 6) is -1.12. The molecular weight excluding hydrogens is 319 g/mol. The minimum Gasteiger partial charge on any atom is -0.284 e. The zero-order chi connectivity index (χ0) is 16.6. The van der Waals surface area contributed by atoms with Crippen LogP contribution in [0.4, 0.5) is 4.39 Å². The Hall–Kier alpha value is -1.72. The molecule has 2 amide bonds. The number of rotatable bonds is 4. The SMILES string of the molecule is CN(Cc1c(F)cccc1Cl)CN1C(=O)[C@H]2CC=CC[C@@H]2C1=O. The highest BCUT2D eigenvalue weighted by Crippen LogP contribution is 2.35. The predicted octanol–water partition coefficient (Wildman–Crippen LogP) is 2.82. The van der Waals surface area contributed by atoms with Crippen LogP contribution in [-0.4, -0.2) is 35.3 Å². The third kappa shape index (κ3) is 3.03. The Kier molecular flexibility index (Phi) is 4.50. The Labute approximate surface area is 139 Å². The van der Waals surface area contributed by atoms with Gasteiger partial charge in [-0.05, 0) is 32.0 Å². The molecule has 0 saturated carbocycles. The maximum atomic E-state index is 13.9. The van der Waals surface area contributed by atoms with E-state index < -0.39 is 0 Å². The molecule has 1 heterocycles. The molecule has 0 unspecified atom stereocenters. The van der Waals surface area contributed by atoms with Crippen molar-refractivity contribution in [1.82, 2.24) is 9.80 Å². The maximum Gasteiger partial charge on any atom is 0.234 e. The maximum absolute atomic E-state index is 13.9. The highest BCUT2D eigenvalue weighted by Gasteiger charge is 2.47. The Morgan fingerprint density at radius 1 is 1.22 bits per heavy atom. The number of amides is 2. The van der Waals surface area contributed by atoms with Crippen molar-refractivity contribution < 1.29 is 14.0 Å². The van der Waals surface area contributed by atoms with Gasteiger partial charge in [0.2, 0.25) is 11.8 Å². The first-order valence-electron chi connectivity index (χ1n) is 7.60. The van der Waals surface area contributed by atoms with E-state index in [1.54, 1.807) is 24.1 Å². The molecule has 2 atom stereocenters. The van der Waals surface area contributed by atoms with E-state index in [2.05, 4.69) is 0 Å². The van der Waals surface area contributed by atoms with E-state index in [9.17, 15) is 14.0 Å². The molecule has 122 valence electrons. The van der Waals surface area contributed by atoms with E-state index in [0.717, 1.165) is 0 Å². The van der Waals surface area contributed by atoms with Crippen LogP contribution in [0, 0.1) is 17.7 Å². The molecule has 6 heteroatoms. The second-order valence-electron chi connectivity index (χ2n) is 6.12. The average molecular weight is 337 g/mol. The number of allylic oxidation sites excluding steroid dienone is 2. The number of fused-ring (bicyclic) bond motifs is 1. The topological polar surface area (TPSA) is 40.6 Å². The number of halogens is 2. The lowest BCUT2D eigenvalue weighted by molar-refractivity contribution is -0.142. The molecule has 0 aromatic heterocycles. The van der Waals surface area contributed by atoms with Gasteiger partial charge in [-0.1, -0.05) is 29.8 Å². The van der Waals surface area contributed by atoms with Crippen LogP contribution in [-0.2, 0) is 16.1 Å². The van der Waals surface area contributed by atoms with Crippen LogP contribution in [0.5, 0.6) is 0 Å². The lowest BCUT2D eigenvalue weighted by Crippen LogP contribution is -2.40. The Balaban J connectivity index is 1.70. The number of carbonyl (C=O) groups is 2. The standard InChI is InChI=1S/C17H18ClFN2O2/c1-20(9-13-14(18)7-4-8-15(13)19)10-21-16(22)11-5-2-3-6-12(11)17(21)23/h2-4,7-8,11-12H,5-6,9-10H2,1H3/t11-,12-/m0/s1. The number of likely N-dealkylation sites (tertiary alicyclic amines) is 1. The fraction of sp³-hybridized carbons (Fsp3) is 0.412. The first-order valence-corrected chi connectivity index (χ1v) is 7.98. The summed E-state index contributed by atoms with van der Waals surface area (Å²) in [6.07, 6.45) is 5.15. The summed E-state index contributed by atoms with van der Waals surface area (Å²) < 4.78 is 13.9. The zero-order valence-electron chi connectivity index (χ0n) is 12.8. The molecule has 1 aromatic carbocycles. The number of hydrogen-bond acceptors (Lipinski definition) is 3. The molecule has 1 aliphatic carbocycles. The molecule has 2 aliphatic rings. The third-order valence-corrected chi connectivity index (χ3v) is 4.83. The van der Waals surface area contributed by atoms with Gasteiger partial charge >= 0.3 is 0 Å². The molecule has 1 aromatic rings. The third-order valence-electron chi connectivity index (χ3n) is 4.47. The second kappa shape index (κ2) is 6.42. The van der Waals surface area contributed by atoms with Crippen LogP contribution in [0.1, 0.15) is 18.4 Å². The van der Waals surface area contributed by atoms with Gasteiger partial charge in [-0.15, -0.1) is 0 Å². The van der Waals surface area contributed by atoms with Gasteiger partial charge in [0.25, 0.3) is 0 Å². The van der Waals surface area contributed by atoms with Crippen molar-refractivity contribution in [3.63, 3.8) is 0 Å². The molecule has 4 nitrogen and oxygen atoms in total. The summed E-state index contributed by atoms with van der Waals surface area (Å²) in [6.45, 7) is 0.380. The van der Waals surface area contributed by atoms with E-state index in [0.29, 0.717) is 23.4 Å². The van der Waals surface area contributed by atoms with Crippen molar-refractivity contribution in [2.75, 3.05) is 13.7 Å². The van der Waals surface area contributed by atoms with Crippen LogP contribution >= 0.6 is 11.6 Å². The van der Waals surface area contributed by atoms with Gasteiger partial charge in [0, 0.05) is 17.1 Å². The van der Waals surface area contributed by atoms with Crippen molar-refractivity contribution >= 4 is 23.4 Å². The smallest absolute Gasteiger partial charge is 0.234 e. The van der Waals surface area contributed by atoms with E-state index in [-0.39, 0.29) is 42.7 Å². The Bertz CT molecular complexity index is 630. The van der Waals surface area contributed by atoms with Gasteiger partial charge in [-0.25, -0.2) is 4.39 Å². The molecule has 0 spiro atoms. The van der Waals surface area contributed by atoms with E-state index >= 15 is 0 Å². The minimum atomic E-state index is -0.388. The molecule has 1 aliphatic heterocycles. The van der Waals surface area contributed by atoms with E-state index in [1.807, 2.05) is 12.2 Å².